The molecule has 0 spiro atoms. The van der Waals surface area contributed by atoms with Crippen LogP contribution in [0.1, 0.15) is 51.9 Å². The van der Waals surface area contributed by atoms with Crippen LogP contribution in [0.3, 0.4) is 0 Å². The van der Waals surface area contributed by atoms with Crippen molar-refractivity contribution in [3.63, 3.8) is 0 Å². The number of nitrogens with two attached hydrogens (primary N) is 1. The highest BCUT2D eigenvalue weighted by atomic mass is 19.1. The van der Waals surface area contributed by atoms with Crippen molar-refractivity contribution in [1.29, 1.82) is 0 Å². The SMILES string of the molecule is CNC(=O)[C@@H](NC(=O)[C@@H](Nc1ncc(C(N)=O)c2[nH]c3ccc(F)cc3c12)C(C)(C)C)C(C)(C)C. The normalized spacial score (nSPS) is 13.9. The number of hydrogen-bond acceptors (Lipinski definition) is 5. The fraction of sp³-hybridized carbons (Fsp3) is 0.440. The largest absolute Gasteiger partial charge is 0.365 e. The number of likely N-dealkylation sites (N-methyl/N-ethyl adjacent to an activating group) is 1. The molecular formula is C25H33FN6O3. The van der Waals surface area contributed by atoms with Crippen molar-refractivity contribution in [3.05, 3.63) is 35.8 Å². The van der Waals surface area contributed by atoms with Crippen molar-refractivity contribution in [2.75, 3.05) is 12.4 Å². The number of hydrogen-bond donors (Lipinski definition) is 5. The lowest BCUT2D eigenvalue weighted by atomic mass is 9.83. The first-order valence-corrected chi connectivity index (χ1v) is 11.3. The van der Waals surface area contributed by atoms with E-state index in [-0.39, 0.29) is 17.3 Å². The van der Waals surface area contributed by atoms with Gasteiger partial charge in [-0.25, -0.2) is 9.37 Å². The Balaban J connectivity index is 2.12. The predicted octanol–water partition coefficient (Wildman–Crippen LogP) is 3.06. The number of nitrogens with one attached hydrogen (secondary N) is 4. The van der Waals surface area contributed by atoms with Gasteiger partial charge >= 0.3 is 0 Å². The number of carbonyl (C=O) groups excluding carboxylic acids is 3. The van der Waals surface area contributed by atoms with E-state index in [1.165, 1.54) is 25.4 Å². The minimum absolute atomic E-state index is 0.145. The van der Waals surface area contributed by atoms with Gasteiger partial charge in [0.25, 0.3) is 5.91 Å². The lowest BCUT2D eigenvalue weighted by molar-refractivity contribution is -0.132. The van der Waals surface area contributed by atoms with Crippen molar-refractivity contribution in [2.24, 2.45) is 16.6 Å². The molecule has 2 aromatic heterocycles. The van der Waals surface area contributed by atoms with Crippen LogP contribution in [0.15, 0.2) is 24.4 Å². The topological polar surface area (TPSA) is 142 Å². The number of H-pyrrole nitrogens is 1. The second kappa shape index (κ2) is 9.16. The molecule has 0 bridgehead atoms. The minimum atomic E-state index is -0.828. The summed E-state index contributed by atoms with van der Waals surface area (Å²) in [6, 6.07) is 2.59. The Morgan fingerprint density at radius 2 is 1.66 bits per heavy atom. The number of halogens is 1. The molecule has 6 N–H and O–H groups in total. The van der Waals surface area contributed by atoms with E-state index >= 15 is 0 Å². The molecule has 0 unspecified atom stereocenters. The third-order valence-electron chi connectivity index (χ3n) is 5.93. The zero-order chi connectivity index (χ0) is 26.3. The molecule has 0 saturated carbocycles. The molecule has 0 saturated heterocycles. The van der Waals surface area contributed by atoms with Gasteiger partial charge in [0.15, 0.2) is 0 Å². The molecule has 0 radical (unpaired) electrons. The molecule has 0 aliphatic heterocycles. The number of anilines is 1. The van der Waals surface area contributed by atoms with Crippen molar-refractivity contribution in [1.82, 2.24) is 20.6 Å². The van der Waals surface area contributed by atoms with Gasteiger partial charge in [-0.2, -0.15) is 0 Å². The quantitative estimate of drug-likeness (QED) is 0.366. The second-order valence-electron chi connectivity index (χ2n) is 10.8. The van der Waals surface area contributed by atoms with Gasteiger partial charge in [-0.05, 0) is 29.0 Å². The van der Waals surface area contributed by atoms with Crippen LogP contribution < -0.4 is 21.7 Å². The van der Waals surface area contributed by atoms with E-state index in [4.69, 9.17) is 5.73 Å². The van der Waals surface area contributed by atoms with E-state index in [9.17, 15) is 18.8 Å². The van der Waals surface area contributed by atoms with Gasteiger partial charge in [0.05, 0.1) is 16.5 Å². The van der Waals surface area contributed by atoms with Crippen molar-refractivity contribution in [2.45, 2.75) is 53.6 Å². The maximum absolute atomic E-state index is 14.1. The summed E-state index contributed by atoms with van der Waals surface area (Å²) in [6.07, 6.45) is 1.32. The number of aromatic amines is 1. The molecule has 9 nitrogen and oxygen atoms in total. The number of aromatic nitrogens is 2. The molecular weight excluding hydrogens is 451 g/mol. The Bertz CT molecular complexity index is 1300. The number of rotatable bonds is 6. The molecule has 1 aromatic carbocycles. The summed E-state index contributed by atoms with van der Waals surface area (Å²) in [5, 5.41) is 9.59. The highest BCUT2D eigenvalue weighted by Gasteiger charge is 2.38. The van der Waals surface area contributed by atoms with Crippen molar-refractivity contribution in [3.8, 4) is 0 Å². The molecule has 2 atom stereocenters. The Morgan fingerprint density at radius 3 is 2.20 bits per heavy atom. The number of benzene rings is 1. The summed E-state index contributed by atoms with van der Waals surface area (Å²) >= 11 is 0. The molecule has 2 heterocycles. The number of pyridine rings is 1. The zero-order valence-electron chi connectivity index (χ0n) is 21.1. The average molecular weight is 485 g/mol. The molecule has 0 fully saturated rings. The number of primary amides is 1. The van der Waals surface area contributed by atoms with Crippen LogP contribution >= 0.6 is 0 Å². The highest BCUT2D eigenvalue weighted by molar-refractivity contribution is 6.18. The first kappa shape index (κ1) is 25.9. The first-order valence-electron chi connectivity index (χ1n) is 11.3. The smallest absolute Gasteiger partial charge is 0.252 e. The van der Waals surface area contributed by atoms with Gasteiger partial charge in [0.2, 0.25) is 11.8 Å². The number of fused-ring (bicyclic) bond motifs is 3. The molecule has 10 heteroatoms. The summed E-state index contributed by atoms with van der Waals surface area (Å²) in [4.78, 5) is 45.5. The van der Waals surface area contributed by atoms with E-state index in [0.29, 0.717) is 21.8 Å². The van der Waals surface area contributed by atoms with E-state index in [0.717, 1.165) is 0 Å². The summed E-state index contributed by atoms with van der Waals surface area (Å²) in [6.45, 7) is 11.2. The van der Waals surface area contributed by atoms with Crippen LogP contribution in [0, 0.1) is 16.6 Å². The van der Waals surface area contributed by atoms with Crippen LogP contribution in [-0.4, -0.2) is 46.8 Å². The third-order valence-corrected chi connectivity index (χ3v) is 5.93. The molecule has 0 aliphatic rings. The predicted molar refractivity (Wildman–Crippen MR) is 134 cm³/mol. The monoisotopic (exact) mass is 484 g/mol. The Hall–Kier alpha value is -3.69. The van der Waals surface area contributed by atoms with E-state index in [2.05, 4.69) is 25.9 Å². The lowest BCUT2D eigenvalue weighted by Gasteiger charge is -2.35. The number of amides is 3. The molecule has 188 valence electrons. The molecule has 3 aromatic rings. The van der Waals surface area contributed by atoms with Gasteiger partial charge < -0.3 is 26.7 Å². The molecule has 35 heavy (non-hydrogen) atoms. The Labute approximate surface area is 203 Å². The fourth-order valence-electron chi connectivity index (χ4n) is 4.02. The maximum Gasteiger partial charge on any atom is 0.252 e. The van der Waals surface area contributed by atoms with Gasteiger partial charge in [-0.15, -0.1) is 0 Å². The van der Waals surface area contributed by atoms with Gasteiger partial charge in [0, 0.05) is 24.1 Å². The van der Waals surface area contributed by atoms with Crippen molar-refractivity contribution >= 4 is 45.3 Å². The van der Waals surface area contributed by atoms with Crippen LogP contribution in [0.4, 0.5) is 10.2 Å². The van der Waals surface area contributed by atoms with Crippen molar-refractivity contribution < 1.29 is 18.8 Å². The maximum atomic E-state index is 14.1. The summed E-state index contributed by atoms with van der Waals surface area (Å²) in [7, 11) is 1.52. The van der Waals surface area contributed by atoms with Gasteiger partial charge in [0.1, 0.15) is 23.7 Å². The highest BCUT2D eigenvalue weighted by Crippen LogP contribution is 2.35. The standard InChI is InChI=1S/C25H33FN6O3/c1-24(2,3)18(22(34)28-7)32-23(35)19(25(4,5)6)31-21-16-13-10-12(26)8-9-15(13)30-17(16)14(11-29-21)20(27)33/h8-11,18-19,30H,1-7H3,(H2,27,33)(H,28,34)(H,29,31)(H,32,35)/t18-,19-/m1/s1. The minimum Gasteiger partial charge on any atom is -0.365 e. The number of carbonyl (C=O) groups is 3. The summed E-state index contributed by atoms with van der Waals surface area (Å²) in [5.41, 5.74) is 5.52. The van der Waals surface area contributed by atoms with Crippen LogP contribution in [-0.2, 0) is 9.59 Å². The molecule has 0 aliphatic carbocycles. The van der Waals surface area contributed by atoms with Gasteiger partial charge in [-0.1, -0.05) is 41.5 Å². The van der Waals surface area contributed by atoms with Gasteiger partial charge in [-0.3, -0.25) is 14.4 Å². The Kier molecular flexibility index (Phi) is 6.79. The third kappa shape index (κ3) is 5.21. The van der Waals surface area contributed by atoms with Crippen LogP contribution in [0.2, 0.25) is 0 Å². The average Bonchev–Trinajstić information content (AvgIpc) is 3.12. The first-order chi connectivity index (χ1) is 16.1. The zero-order valence-corrected chi connectivity index (χ0v) is 21.1. The summed E-state index contributed by atoms with van der Waals surface area (Å²) in [5.74, 6) is -1.58. The summed E-state index contributed by atoms with van der Waals surface area (Å²) < 4.78 is 14.1. The van der Waals surface area contributed by atoms with E-state index in [1.54, 1.807) is 6.07 Å². The van der Waals surface area contributed by atoms with Crippen LogP contribution in [0.25, 0.3) is 21.8 Å². The van der Waals surface area contributed by atoms with E-state index in [1.807, 2.05) is 41.5 Å². The Morgan fingerprint density at radius 1 is 1.03 bits per heavy atom. The van der Waals surface area contributed by atoms with E-state index < -0.39 is 40.5 Å². The van der Waals surface area contributed by atoms with Crippen LogP contribution in [0.5, 0.6) is 0 Å². The number of nitrogens with zero attached hydrogens (tertiary/aromatic N) is 1. The lowest BCUT2D eigenvalue weighted by Crippen LogP contribution is -2.58. The fourth-order valence-corrected chi connectivity index (χ4v) is 4.02. The molecule has 3 rings (SSSR count). The second-order valence-corrected chi connectivity index (χ2v) is 10.8. The molecule has 3 amide bonds.